The van der Waals surface area contributed by atoms with Gasteiger partial charge in [0.2, 0.25) is 0 Å². The molecule has 0 bridgehead atoms. The largest absolute Gasteiger partial charge is 0.301 e. The molecule has 1 N–H and O–H groups in total. The molecule has 4 aromatic carbocycles. The molecule has 0 heterocycles. The van der Waals surface area contributed by atoms with Crippen molar-refractivity contribution in [3.8, 4) is 0 Å². The van der Waals surface area contributed by atoms with Crippen LogP contribution in [-0.4, -0.2) is 15.6 Å². The van der Waals surface area contributed by atoms with E-state index in [4.69, 9.17) is 0 Å². The van der Waals surface area contributed by atoms with Gasteiger partial charge in [0, 0.05) is 17.2 Å². The zero-order valence-electron chi connectivity index (χ0n) is 16.4. The molecule has 0 saturated carbocycles. The maximum atomic E-state index is 14.0. The second-order valence-corrected chi connectivity index (χ2v) is 6.82. The highest BCUT2D eigenvalue weighted by Crippen LogP contribution is 2.30. The number of nitrogens with one attached hydrogen (secondary N) is 1. The molecule has 0 amide bonds. The number of fused-ring (bicyclic) bond motifs is 1. The molecule has 4 aromatic rings. The van der Waals surface area contributed by atoms with E-state index < -0.39 is 27.0 Å². The minimum Gasteiger partial charge on any atom is -0.271 e. The fraction of sp³-hybridized carbons (Fsp3) is 0. The second-order valence-electron chi connectivity index (χ2n) is 6.82. The fourth-order valence-electron chi connectivity index (χ4n) is 3.34. The molecule has 0 fully saturated rings. The molecule has 158 valence electrons. The van der Waals surface area contributed by atoms with E-state index in [1.807, 2.05) is 42.5 Å². The summed E-state index contributed by atoms with van der Waals surface area (Å²) in [5, 5.41) is 28.6. The molecule has 0 aromatic heterocycles. The van der Waals surface area contributed by atoms with E-state index in [-0.39, 0.29) is 5.69 Å². The van der Waals surface area contributed by atoms with Crippen LogP contribution in [0.4, 0.5) is 21.5 Å². The Morgan fingerprint density at radius 1 is 0.844 bits per heavy atom. The molecule has 0 aliphatic heterocycles. The first-order valence-electron chi connectivity index (χ1n) is 9.44. The molecule has 0 radical (unpaired) electrons. The van der Waals surface area contributed by atoms with Crippen LogP contribution in [0.3, 0.4) is 0 Å². The van der Waals surface area contributed by atoms with Crippen molar-refractivity contribution in [3.05, 3.63) is 122 Å². The maximum absolute atomic E-state index is 14.0. The Kier molecular flexibility index (Phi) is 5.54. The van der Waals surface area contributed by atoms with E-state index in [0.717, 1.165) is 22.9 Å². The molecule has 4 rings (SSSR count). The van der Waals surface area contributed by atoms with Gasteiger partial charge >= 0.3 is 5.69 Å². The van der Waals surface area contributed by atoms with E-state index in [2.05, 4.69) is 10.5 Å². The number of hydrogen-bond acceptors (Lipinski definition) is 6. The first kappa shape index (κ1) is 20.6. The van der Waals surface area contributed by atoms with Crippen molar-refractivity contribution in [2.75, 3.05) is 5.43 Å². The maximum Gasteiger partial charge on any atom is 0.301 e. The van der Waals surface area contributed by atoms with E-state index >= 15 is 0 Å². The molecule has 32 heavy (non-hydrogen) atoms. The van der Waals surface area contributed by atoms with Crippen LogP contribution < -0.4 is 5.43 Å². The van der Waals surface area contributed by atoms with Crippen LogP contribution in [-0.2, 0) is 0 Å². The third kappa shape index (κ3) is 4.12. The summed E-state index contributed by atoms with van der Waals surface area (Å²) in [7, 11) is 0. The smallest absolute Gasteiger partial charge is 0.271 e. The van der Waals surface area contributed by atoms with Crippen LogP contribution in [0.1, 0.15) is 11.1 Å². The lowest BCUT2D eigenvalue weighted by Crippen LogP contribution is -2.08. The Balaban J connectivity index is 1.87. The number of nitro groups is 2. The van der Waals surface area contributed by atoms with Crippen LogP contribution >= 0.6 is 0 Å². The number of hydrogen-bond donors (Lipinski definition) is 1. The van der Waals surface area contributed by atoms with Gasteiger partial charge in [-0.25, -0.2) is 4.39 Å². The molecule has 0 atom stereocenters. The lowest BCUT2D eigenvalue weighted by atomic mass is 9.96. The van der Waals surface area contributed by atoms with Crippen LogP contribution in [0, 0.1) is 26.0 Å². The van der Waals surface area contributed by atoms with Gasteiger partial charge in [-0.1, -0.05) is 54.6 Å². The SMILES string of the molecule is O=[N+]([O-])c1ccc(N/N=C(\c2cccc(F)c2)c2cccc3ccccc23)c([N+](=O)[O-])c1. The molecule has 0 aliphatic rings. The molecule has 0 saturated heterocycles. The average molecular weight is 430 g/mol. The Bertz CT molecular complexity index is 1380. The van der Waals surface area contributed by atoms with E-state index in [1.165, 1.54) is 18.2 Å². The van der Waals surface area contributed by atoms with Gasteiger partial charge in [-0.3, -0.25) is 25.7 Å². The molecule has 0 unspecified atom stereocenters. The van der Waals surface area contributed by atoms with E-state index in [1.54, 1.807) is 12.1 Å². The van der Waals surface area contributed by atoms with Crippen molar-refractivity contribution >= 4 is 33.5 Å². The summed E-state index contributed by atoms with van der Waals surface area (Å²) in [4.78, 5) is 21.0. The molecular formula is C23H15FN4O4. The molecule has 9 heteroatoms. The van der Waals surface area contributed by atoms with Gasteiger partial charge in [0.25, 0.3) is 5.69 Å². The van der Waals surface area contributed by atoms with Crippen LogP contribution in [0.5, 0.6) is 0 Å². The van der Waals surface area contributed by atoms with Gasteiger partial charge in [-0.2, -0.15) is 5.10 Å². The predicted molar refractivity (Wildman–Crippen MR) is 119 cm³/mol. The van der Waals surface area contributed by atoms with Crippen molar-refractivity contribution in [1.29, 1.82) is 0 Å². The summed E-state index contributed by atoms with van der Waals surface area (Å²) in [5.41, 5.74) is 3.20. The molecule has 0 spiro atoms. The number of non-ortho nitro benzene ring substituents is 1. The highest BCUT2D eigenvalue weighted by Gasteiger charge is 2.20. The summed E-state index contributed by atoms with van der Waals surface area (Å²) in [6.45, 7) is 0. The zero-order chi connectivity index (χ0) is 22.7. The van der Waals surface area contributed by atoms with E-state index in [9.17, 15) is 24.6 Å². The summed E-state index contributed by atoms with van der Waals surface area (Å²) < 4.78 is 14.0. The fourth-order valence-corrected chi connectivity index (χ4v) is 3.34. The predicted octanol–water partition coefficient (Wildman–Crippen LogP) is 5.66. The Morgan fingerprint density at radius 2 is 1.59 bits per heavy atom. The summed E-state index contributed by atoms with van der Waals surface area (Å²) in [6, 6.07) is 22.2. The highest BCUT2D eigenvalue weighted by molar-refractivity contribution is 6.19. The first-order chi connectivity index (χ1) is 15.4. The average Bonchev–Trinajstić information content (AvgIpc) is 2.79. The monoisotopic (exact) mass is 430 g/mol. The number of nitro benzene ring substituents is 2. The molecular weight excluding hydrogens is 415 g/mol. The zero-order valence-corrected chi connectivity index (χ0v) is 16.4. The third-order valence-corrected chi connectivity index (χ3v) is 4.82. The number of halogens is 1. The first-order valence-corrected chi connectivity index (χ1v) is 9.44. The van der Waals surface area contributed by atoms with Gasteiger partial charge in [0.15, 0.2) is 0 Å². The van der Waals surface area contributed by atoms with Crippen molar-refractivity contribution in [3.63, 3.8) is 0 Å². The van der Waals surface area contributed by atoms with Gasteiger partial charge in [-0.15, -0.1) is 0 Å². The van der Waals surface area contributed by atoms with E-state index in [0.29, 0.717) is 16.8 Å². The van der Waals surface area contributed by atoms with Crippen molar-refractivity contribution in [2.45, 2.75) is 0 Å². The standard InChI is InChI=1S/C23H15FN4O4/c24-17-8-3-7-16(13-17)23(20-10-4-6-15-5-1-2-9-19(15)20)26-25-21-12-11-18(27(29)30)14-22(21)28(31)32/h1-14,25H/b26-23+. The summed E-state index contributed by atoms with van der Waals surface area (Å²) in [5.74, 6) is -0.461. The Hall–Kier alpha value is -4.66. The number of hydrazone groups is 1. The van der Waals surface area contributed by atoms with Gasteiger partial charge in [-0.05, 0) is 29.0 Å². The Morgan fingerprint density at radius 3 is 2.34 bits per heavy atom. The molecule has 8 nitrogen and oxygen atoms in total. The van der Waals surface area contributed by atoms with Gasteiger partial charge in [0.05, 0.1) is 21.6 Å². The van der Waals surface area contributed by atoms with Gasteiger partial charge < -0.3 is 0 Å². The number of anilines is 1. The number of nitrogens with zero attached hydrogens (tertiary/aromatic N) is 3. The minimum absolute atomic E-state index is 0.0326. The number of benzene rings is 4. The number of rotatable bonds is 6. The highest BCUT2D eigenvalue weighted by atomic mass is 19.1. The van der Waals surface area contributed by atoms with Crippen LogP contribution in [0.2, 0.25) is 0 Å². The quantitative estimate of drug-likeness (QED) is 0.241. The second kappa shape index (κ2) is 8.60. The lowest BCUT2D eigenvalue weighted by molar-refractivity contribution is -0.393. The van der Waals surface area contributed by atoms with Crippen LogP contribution in [0.25, 0.3) is 10.8 Å². The van der Waals surface area contributed by atoms with Crippen molar-refractivity contribution in [1.82, 2.24) is 0 Å². The third-order valence-electron chi connectivity index (χ3n) is 4.82. The lowest BCUT2D eigenvalue weighted by Gasteiger charge is -2.12. The topological polar surface area (TPSA) is 111 Å². The van der Waals surface area contributed by atoms with Crippen LogP contribution in [0.15, 0.2) is 90.0 Å². The minimum atomic E-state index is -0.732. The van der Waals surface area contributed by atoms with Crippen molar-refractivity contribution < 1.29 is 14.2 Å². The normalized spacial score (nSPS) is 11.3. The van der Waals surface area contributed by atoms with Gasteiger partial charge in [0.1, 0.15) is 11.5 Å². The summed E-state index contributed by atoms with van der Waals surface area (Å²) >= 11 is 0. The van der Waals surface area contributed by atoms with Crippen molar-refractivity contribution in [2.24, 2.45) is 5.10 Å². The Labute approximate surface area is 180 Å². The molecule has 0 aliphatic carbocycles. The summed E-state index contributed by atoms with van der Waals surface area (Å²) in [6.07, 6.45) is 0.